The van der Waals surface area contributed by atoms with Gasteiger partial charge in [-0.25, -0.2) is 4.79 Å². The van der Waals surface area contributed by atoms with Crippen molar-refractivity contribution in [3.8, 4) is 5.75 Å². The van der Waals surface area contributed by atoms with Gasteiger partial charge < -0.3 is 14.8 Å². The molecule has 1 atom stereocenters. The van der Waals surface area contributed by atoms with Crippen LogP contribution in [0.15, 0.2) is 42.5 Å². The Hall–Kier alpha value is -2.24. The third kappa shape index (κ3) is 4.63. The summed E-state index contributed by atoms with van der Waals surface area (Å²) in [5.41, 5.74) is 0.784. The first-order valence-electron chi connectivity index (χ1n) is 7.01. The minimum atomic E-state index is -0.978. The molecule has 0 spiro atoms. The summed E-state index contributed by atoms with van der Waals surface area (Å²) in [6.07, 6.45) is -0.978. The molecule has 0 radical (unpaired) electrons. The molecule has 0 bridgehead atoms. The van der Waals surface area contributed by atoms with Crippen molar-refractivity contribution in [3.63, 3.8) is 0 Å². The minimum absolute atomic E-state index is 0.216. The van der Waals surface area contributed by atoms with Crippen molar-refractivity contribution in [1.82, 2.24) is 0 Å². The summed E-state index contributed by atoms with van der Waals surface area (Å²) in [5, 5.41) is 3.22. The number of amides is 1. The molecule has 0 unspecified atom stereocenters. The number of hydrogen-bond acceptors (Lipinski definition) is 4. The molecule has 2 aromatic carbocycles. The summed E-state index contributed by atoms with van der Waals surface area (Å²) in [7, 11) is 1.55. The lowest BCUT2D eigenvalue weighted by molar-refractivity contribution is -0.123. The van der Waals surface area contributed by atoms with Crippen LogP contribution in [0.3, 0.4) is 0 Å². The number of halogens is 2. The van der Waals surface area contributed by atoms with E-state index in [1.807, 2.05) is 0 Å². The zero-order chi connectivity index (χ0) is 17.7. The normalized spacial score (nSPS) is 11.5. The second-order valence-corrected chi connectivity index (χ2v) is 5.71. The van der Waals surface area contributed by atoms with Gasteiger partial charge in [0.2, 0.25) is 0 Å². The lowest BCUT2D eigenvalue weighted by Crippen LogP contribution is -2.30. The van der Waals surface area contributed by atoms with Crippen LogP contribution in [0.1, 0.15) is 17.3 Å². The van der Waals surface area contributed by atoms with E-state index in [0.29, 0.717) is 16.5 Å². The Morgan fingerprint density at radius 2 is 1.71 bits per heavy atom. The number of ether oxygens (including phenoxy) is 2. The van der Waals surface area contributed by atoms with Crippen molar-refractivity contribution in [2.45, 2.75) is 13.0 Å². The number of carbonyl (C=O) groups is 2. The molecular formula is C17H15Cl2NO4. The quantitative estimate of drug-likeness (QED) is 0.804. The molecule has 0 aliphatic rings. The highest BCUT2D eigenvalue weighted by molar-refractivity contribution is 6.42. The first-order chi connectivity index (χ1) is 11.4. The zero-order valence-corrected chi connectivity index (χ0v) is 14.5. The Labute approximate surface area is 149 Å². The molecule has 24 heavy (non-hydrogen) atoms. The molecule has 0 aliphatic heterocycles. The number of nitrogens with one attached hydrogen (secondary N) is 1. The van der Waals surface area contributed by atoms with Crippen molar-refractivity contribution in [1.29, 1.82) is 0 Å². The van der Waals surface area contributed by atoms with Crippen LogP contribution in [0.5, 0.6) is 5.75 Å². The molecule has 5 nitrogen and oxygen atoms in total. The molecule has 0 aromatic heterocycles. The Morgan fingerprint density at radius 3 is 2.29 bits per heavy atom. The van der Waals surface area contributed by atoms with Gasteiger partial charge in [-0.05, 0) is 49.4 Å². The maximum absolute atomic E-state index is 12.1. The van der Waals surface area contributed by atoms with Crippen LogP contribution in [0, 0.1) is 0 Å². The third-order valence-corrected chi connectivity index (χ3v) is 3.90. The second kappa shape index (κ2) is 8.04. The highest BCUT2D eigenvalue weighted by atomic mass is 35.5. The summed E-state index contributed by atoms with van der Waals surface area (Å²) in [6.45, 7) is 1.48. The van der Waals surface area contributed by atoms with Gasteiger partial charge in [-0.15, -0.1) is 0 Å². The largest absolute Gasteiger partial charge is 0.497 e. The predicted molar refractivity (Wildman–Crippen MR) is 93.0 cm³/mol. The number of methoxy groups -OCH3 is 1. The fraction of sp³-hybridized carbons (Fsp3) is 0.176. The lowest BCUT2D eigenvalue weighted by atomic mass is 10.2. The maximum atomic E-state index is 12.1. The average Bonchev–Trinajstić information content (AvgIpc) is 2.57. The van der Waals surface area contributed by atoms with Gasteiger partial charge in [0.1, 0.15) is 5.75 Å². The zero-order valence-electron chi connectivity index (χ0n) is 13.0. The number of carbonyl (C=O) groups excluding carboxylic acids is 2. The Bertz CT molecular complexity index is 747. The Morgan fingerprint density at radius 1 is 1.04 bits per heavy atom. The number of benzene rings is 2. The fourth-order valence-corrected chi connectivity index (χ4v) is 2.12. The molecule has 0 saturated carbocycles. The lowest BCUT2D eigenvalue weighted by Gasteiger charge is -2.14. The first kappa shape index (κ1) is 18.1. The number of anilines is 1. The molecule has 0 fully saturated rings. The number of hydrogen-bond donors (Lipinski definition) is 1. The second-order valence-electron chi connectivity index (χ2n) is 4.89. The van der Waals surface area contributed by atoms with E-state index in [1.165, 1.54) is 25.1 Å². The monoisotopic (exact) mass is 367 g/mol. The predicted octanol–water partition coefficient (Wildman–Crippen LogP) is 4.19. The molecule has 2 aromatic rings. The minimum Gasteiger partial charge on any atom is -0.497 e. The summed E-state index contributed by atoms with van der Waals surface area (Å²) < 4.78 is 10.2. The van der Waals surface area contributed by atoms with E-state index in [-0.39, 0.29) is 10.6 Å². The number of esters is 1. The smallest absolute Gasteiger partial charge is 0.338 e. The third-order valence-electron chi connectivity index (χ3n) is 3.17. The molecule has 0 heterocycles. The molecule has 1 amide bonds. The van der Waals surface area contributed by atoms with Crippen LogP contribution >= 0.6 is 23.2 Å². The molecule has 126 valence electrons. The van der Waals surface area contributed by atoms with Crippen molar-refractivity contribution in [3.05, 3.63) is 58.1 Å². The SMILES string of the molecule is COc1ccc(NC(=O)[C@H](C)OC(=O)c2ccc(Cl)c(Cl)c2)cc1. The molecular weight excluding hydrogens is 353 g/mol. The van der Waals surface area contributed by atoms with E-state index in [0.717, 1.165) is 0 Å². The van der Waals surface area contributed by atoms with Gasteiger partial charge in [-0.2, -0.15) is 0 Å². The van der Waals surface area contributed by atoms with E-state index >= 15 is 0 Å². The van der Waals surface area contributed by atoms with Crippen LogP contribution in [0.4, 0.5) is 5.69 Å². The number of rotatable bonds is 5. The molecule has 2 rings (SSSR count). The van der Waals surface area contributed by atoms with E-state index < -0.39 is 18.0 Å². The van der Waals surface area contributed by atoms with Gasteiger partial charge in [0, 0.05) is 5.69 Å². The van der Waals surface area contributed by atoms with E-state index in [2.05, 4.69) is 5.32 Å². The van der Waals surface area contributed by atoms with Gasteiger partial charge in [0.05, 0.1) is 22.7 Å². The highest BCUT2D eigenvalue weighted by Gasteiger charge is 2.19. The highest BCUT2D eigenvalue weighted by Crippen LogP contribution is 2.23. The van der Waals surface area contributed by atoms with Crippen LogP contribution in [-0.2, 0) is 9.53 Å². The van der Waals surface area contributed by atoms with Gasteiger partial charge in [0.15, 0.2) is 6.10 Å². The fourth-order valence-electron chi connectivity index (χ4n) is 1.82. The summed E-state index contributed by atoms with van der Waals surface area (Å²) in [5.74, 6) is -0.438. The van der Waals surface area contributed by atoms with E-state index in [1.54, 1.807) is 31.4 Å². The van der Waals surface area contributed by atoms with Gasteiger partial charge in [-0.3, -0.25) is 4.79 Å². The van der Waals surface area contributed by atoms with Crippen LogP contribution < -0.4 is 10.1 Å². The summed E-state index contributed by atoms with van der Waals surface area (Å²) in [6, 6.07) is 11.1. The summed E-state index contributed by atoms with van der Waals surface area (Å²) >= 11 is 11.7. The molecule has 1 N–H and O–H groups in total. The van der Waals surface area contributed by atoms with Crippen molar-refractivity contribution in [2.24, 2.45) is 0 Å². The van der Waals surface area contributed by atoms with E-state index in [4.69, 9.17) is 32.7 Å². The van der Waals surface area contributed by atoms with Crippen molar-refractivity contribution >= 4 is 40.8 Å². The topological polar surface area (TPSA) is 64.6 Å². The van der Waals surface area contributed by atoms with Crippen molar-refractivity contribution < 1.29 is 19.1 Å². The maximum Gasteiger partial charge on any atom is 0.338 e. The van der Waals surface area contributed by atoms with Crippen molar-refractivity contribution in [2.75, 3.05) is 12.4 Å². The van der Waals surface area contributed by atoms with Crippen LogP contribution in [0.25, 0.3) is 0 Å². The summed E-state index contributed by atoms with van der Waals surface area (Å²) in [4.78, 5) is 24.1. The van der Waals surface area contributed by atoms with Crippen LogP contribution in [0.2, 0.25) is 10.0 Å². The average molecular weight is 368 g/mol. The standard InChI is InChI=1S/C17H15Cl2NO4/c1-10(16(21)20-12-4-6-13(23-2)7-5-12)24-17(22)11-3-8-14(18)15(19)9-11/h3-10H,1-2H3,(H,20,21)/t10-/m0/s1. The Balaban J connectivity index is 1.97. The molecule has 7 heteroatoms. The van der Waals surface area contributed by atoms with Gasteiger partial charge in [0.25, 0.3) is 5.91 Å². The van der Waals surface area contributed by atoms with Gasteiger partial charge >= 0.3 is 5.97 Å². The molecule has 0 aliphatic carbocycles. The Kier molecular flexibility index (Phi) is 6.06. The van der Waals surface area contributed by atoms with Crippen LogP contribution in [-0.4, -0.2) is 25.1 Å². The van der Waals surface area contributed by atoms with E-state index in [9.17, 15) is 9.59 Å². The first-order valence-corrected chi connectivity index (χ1v) is 7.77. The van der Waals surface area contributed by atoms with Gasteiger partial charge in [-0.1, -0.05) is 23.2 Å². The molecule has 0 saturated heterocycles.